The van der Waals surface area contributed by atoms with E-state index in [9.17, 15) is 23.2 Å². The molecule has 0 fully saturated rings. The van der Waals surface area contributed by atoms with E-state index >= 15 is 0 Å². The summed E-state index contributed by atoms with van der Waals surface area (Å²) in [6.07, 6.45) is -1.35. The lowest BCUT2D eigenvalue weighted by Crippen LogP contribution is -2.28. The number of carbonyl (C=O) groups is 3. The van der Waals surface area contributed by atoms with Crippen LogP contribution in [0.25, 0.3) is 0 Å². The zero-order chi connectivity index (χ0) is 20.4. The van der Waals surface area contributed by atoms with E-state index in [1.165, 1.54) is 0 Å². The van der Waals surface area contributed by atoms with Crippen LogP contribution in [0.2, 0.25) is 0 Å². The van der Waals surface area contributed by atoms with Gasteiger partial charge in [-0.15, -0.1) is 0 Å². The number of halogens is 2. The van der Waals surface area contributed by atoms with Gasteiger partial charge in [0.05, 0.1) is 24.7 Å². The maximum Gasteiger partial charge on any atom is 0.312 e. The molecule has 0 atom stereocenters. The van der Waals surface area contributed by atoms with Gasteiger partial charge in [-0.1, -0.05) is 21.8 Å². The molecule has 6 nitrogen and oxygen atoms in total. The first-order valence-corrected chi connectivity index (χ1v) is 8.80. The zero-order valence-corrected chi connectivity index (χ0v) is 16.2. The van der Waals surface area contributed by atoms with Gasteiger partial charge in [0.25, 0.3) is 5.92 Å². The molecule has 0 saturated heterocycles. The van der Waals surface area contributed by atoms with Crippen LogP contribution in [0.15, 0.2) is 0 Å². The predicted molar refractivity (Wildman–Crippen MR) is 104 cm³/mol. The van der Waals surface area contributed by atoms with Gasteiger partial charge in [0.1, 0.15) is 12.8 Å². The van der Waals surface area contributed by atoms with Crippen LogP contribution in [0.3, 0.4) is 0 Å². The van der Waals surface area contributed by atoms with Gasteiger partial charge in [-0.25, -0.2) is 8.78 Å². The minimum Gasteiger partial charge on any atom is -0.466 e. The minimum atomic E-state index is -3.51. The molecular formula is C20H38F2O6. The first kappa shape index (κ1) is 31.0. The lowest BCUT2D eigenvalue weighted by atomic mass is 9.91. The summed E-state index contributed by atoms with van der Waals surface area (Å²) in [4.78, 5) is 34.4. The van der Waals surface area contributed by atoms with Crippen molar-refractivity contribution in [2.75, 3.05) is 13.2 Å². The topological polar surface area (TPSA) is 78.9 Å². The Morgan fingerprint density at radius 3 is 1.82 bits per heavy atom. The summed E-state index contributed by atoms with van der Waals surface area (Å²) in [5.74, 6) is -5.96. The van der Waals surface area contributed by atoms with Crippen molar-refractivity contribution in [2.45, 2.75) is 93.6 Å². The van der Waals surface area contributed by atoms with Gasteiger partial charge in [-0.2, -0.15) is 0 Å². The van der Waals surface area contributed by atoms with E-state index in [1.54, 1.807) is 27.7 Å². The largest absolute Gasteiger partial charge is 0.466 e. The molecule has 0 aliphatic rings. The third-order valence-corrected chi connectivity index (χ3v) is 3.64. The van der Waals surface area contributed by atoms with E-state index in [2.05, 4.69) is 4.74 Å². The first-order valence-electron chi connectivity index (χ1n) is 8.80. The Morgan fingerprint density at radius 2 is 1.36 bits per heavy atom. The van der Waals surface area contributed by atoms with E-state index in [0.29, 0.717) is 19.3 Å². The van der Waals surface area contributed by atoms with Crippen LogP contribution < -0.4 is 0 Å². The SMILES string of the molecule is C.C.CCC(C)(C)C(=O)OCCCCOC(=O)CC(F)(F)CC(=O)OC(C)C. The van der Waals surface area contributed by atoms with Crippen molar-refractivity contribution in [3.63, 3.8) is 0 Å². The van der Waals surface area contributed by atoms with Crippen molar-refractivity contribution in [3.05, 3.63) is 0 Å². The highest BCUT2D eigenvalue weighted by Crippen LogP contribution is 2.24. The highest BCUT2D eigenvalue weighted by molar-refractivity contribution is 5.75. The molecule has 28 heavy (non-hydrogen) atoms. The standard InChI is InChI=1S/C18H30F2O6.2CH4/c1-6-17(4,5)16(23)25-10-8-7-9-24-14(21)11-18(19,20)12-15(22)26-13(2)3;;/h13H,6-12H2,1-5H3;2*1H4. The van der Waals surface area contributed by atoms with Crippen molar-refractivity contribution in [1.29, 1.82) is 0 Å². The molecule has 0 spiro atoms. The quantitative estimate of drug-likeness (QED) is 0.257. The smallest absolute Gasteiger partial charge is 0.312 e. The summed E-state index contributed by atoms with van der Waals surface area (Å²) in [5, 5.41) is 0. The number of ether oxygens (including phenoxy) is 3. The lowest BCUT2D eigenvalue weighted by molar-refractivity contribution is -0.162. The summed E-state index contributed by atoms with van der Waals surface area (Å²) >= 11 is 0. The first-order chi connectivity index (χ1) is 11.9. The van der Waals surface area contributed by atoms with Crippen LogP contribution in [0.5, 0.6) is 0 Å². The monoisotopic (exact) mass is 412 g/mol. The highest BCUT2D eigenvalue weighted by atomic mass is 19.3. The Balaban J connectivity index is -0.00000312. The number of carbonyl (C=O) groups excluding carboxylic acids is 3. The minimum absolute atomic E-state index is 0. The fraction of sp³-hybridized carbons (Fsp3) is 0.850. The maximum absolute atomic E-state index is 13.6. The van der Waals surface area contributed by atoms with Crippen molar-refractivity contribution >= 4 is 17.9 Å². The third kappa shape index (κ3) is 14.3. The van der Waals surface area contributed by atoms with Gasteiger partial charge < -0.3 is 14.2 Å². The van der Waals surface area contributed by atoms with E-state index < -0.39 is 42.2 Å². The molecule has 0 aliphatic carbocycles. The maximum atomic E-state index is 13.6. The van der Waals surface area contributed by atoms with Gasteiger partial charge in [0.15, 0.2) is 0 Å². The number of esters is 3. The van der Waals surface area contributed by atoms with E-state index in [-0.39, 0.29) is 34.0 Å². The number of hydrogen-bond donors (Lipinski definition) is 0. The Labute approximate surface area is 168 Å². The van der Waals surface area contributed by atoms with Gasteiger partial charge >= 0.3 is 17.9 Å². The molecule has 0 rings (SSSR count). The Morgan fingerprint density at radius 1 is 0.893 bits per heavy atom. The molecule has 0 aromatic heterocycles. The molecule has 0 aromatic rings. The van der Waals surface area contributed by atoms with Crippen LogP contribution in [-0.2, 0) is 28.6 Å². The predicted octanol–water partition coefficient (Wildman–Crippen LogP) is 4.93. The summed E-state index contributed by atoms with van der Waals surface area (Å²) in [5.41, 5.74) is -0.547. The van der Waals surface area contributed by atoms with Crippen LogP contribution in [0.4, 0.5) is 8.78 Å². The summed E-state index contributed by atoms with van der Waals surface area (Å²) < 4.78 is 41.6. The van der Waals surface area contributed by atoms with Gasteiger partial charge in [-0.3, -0.25) is 14.4 Å². The van der Waals surface area contributed by atoms with E-state index in [1.807, 2.05) is 6.92 Å². The average Bonchev–Trinajstić information content (AvgIpc) is 2.48. The number of rotatable bonds is 12. The molecule has 0 N–H and O–H groups in total. The molecule has 0 radical (unpaired) electrons. The Bertz CT molecular complexity index is 475. The molecule has 0 unspecified atom stereocenters. The fourth-order valence-electron chi connectivity index (χ4n) is 1.74. The highest BCUT2D eigenvalue weighted by Gasteiger charge is 2.36. The average molecular weight is 413 g/mol. The summed E-state index contributed by atoms with van der Waals surface area (Å²) in [6.45, 7) is 8.67. The molecule has 0 saturated carbocycles. The fourth-order valence-corrected chi connectivity index (χ4v) is 1.74. The van der Waals surface area contributed by atoms with Crippen LogP contribution >= 0.6 is 0 Å². The second kappa shape index (κ2) is 14.3. The normalized spacial score (nSPS) is 11.1. The Hall–Kier alpha value is -1.73. The van der Waals surface area contributed by atoms with Crippen molar-refractivity contribution in [2.24, 2.45) is 5.41 Å². The van der Waals surface area contributed by atoms with Crippen molar-refractivity contribution < 1.29 is 37.4 Å². The number of unbranched alkanes of at least 4 members (excludes halogenated alkanes) is 1. The van der Waals surface area contributed by atoms with Gasteiger partial charge in [-0.05, 0) is 47.0 Å². The second-order valence-electron chi connectivity index (χ2n) is 7.05. The lowest BCUT2D eigenvalue weighted by Gasteiger charge is -2.20. The molecule has 8 heteroatoms. The van der Waals surface area contributed by atoms with Crippen LogP contribution in [0.1, 0.15) is 81.6 Å². The van der Waals surface area contributed by atoms with Gasteiger partial charge in [0.2, 0.25) is 0 Å². The van der Waals surface area contributed by atoms with E-state index in [4.69, 9.17) is 9.47 Å². The summed E-state index contributed by atoms with van der Waals surface area (Å²) in [7, 11) is 0. The number of alkyl halides is 2. The number of hydrogen-bond acceptors (Lipinski definition) is 6. The second-order valence-corrected chi connectivity index (χ2v) is 7.05. The van der Waals surface area contributed by atoms with Crippen LogP contribution in [0, 0.1) is 5.41 Å². The molecule has 0 aliphatic heterocycles. The van der Waals surface area contributed by atoms with Gasteiger partial charge in [0, 0.05) is 0 Å². The molecular weight excluding hydrogens is 374 g/mol. The molecule has 168 valence electrons. The van der Waals surface area contributed by atoms with Crippen molar-refractivity contribution in [1.82, 2.24) is 0 Å². The third-order valence-electron chi connectivity index (χ3n) is 3.64. The molecule has 0 aromatic carbocycles. The summed E-state index contributed by atoms with van der Waals surface area (Å²) in [6, 6.07) is 0. The zero-order valence-electron chi connectivity index (χ0n) is 16.2. The van der Waals surface area contributed by atoms with Crippen LogP contribution in [-0.4, -0.2) is 43.1 Å². The molecule has 0 heterocycles. The molecule has 0 bridgehead atoms. The van der Waals surface area contributed by atoms with E-state index in [0.717, 1.165) is 0 Å². The Kier molecular flexibility index (Phi) is 15.8. The molecule has 0 amide bonds. The van der Waals surface area contributed by atoms with Crippen molar-refractivity contribution in [3.8, 4) is 0 Å².